The zero-order valence-electron chi connectivity index (χ0n) is 20.9. The lowest BCUT2D eigenvalue weighted by Gasteiger charge is -2.39. The number of carbonyl (C=O) groups excluding carboxylic acids is 3. The van der Waals surface area contributed by atoms with Crippen molar-refractivity contribution in [2.24, 2.45) is 0 Å². The van der Waals surface area contributed by atoms with Gasteiger partial charge in [0.15, 0.2) is 0 Å². The summed E-state index contributed by atoms with van der Waals surface area (Å²) in [7, 11) is 0. The van der Waals surface area contributed by atoms with Gasteiger partial charge in [-0.2, -0.15) is 0 Å². The number of rotatable bonds is 6. The molecule has 2 saturated carbocycles. The Bertz CT molecular complexity index is 1130. The third-order valence-corrected chi connectivity index (χ3v) is 8.77. The second-order valence-electron chi connectivity index (χ2n) is 11.0. The summed E-state index contributed by atoms with van der Waals surface area (Å²) in [5.41, 5.74) is 1.83. The lowest BCUT2D eigenvalue weighted by molar-refractivity contribution is -0.143. The molecule has 0 unspecified atom stereocenters. The Morgan fingerprint density at radius 3 is 2.06 bits per heavy atom. The minimum absolute atomic E-state index is 0.00740. The largest absolute Gasteiger partial charge is 0.340 e. The molecule has 2 aliphatic heterocycles. The van der Waals surface area contributed by atoms with Crippen molar-refractivity contribution < 1.29 is 14.4 Å². The molecule has 0 radical (unpaired) electrons. The Morgan fingerprint density at radius 1 is 0.778 bits per heavy atom. The van der Waals surface area contributed by atoms with Crippen LogP contribution >= 0.6 is 0 Å². The second kappa shape index (κ2) is 9.47. The van der Waals surface area contributed by atoms with Gasteiger partial charge in [-0.3, -0.25) is 24.2 Å². The average Bonchev–Trinajstić information content (AvgIpc) is 3.51. The van der Waals surface area contributed by atoms with E-state index < -0.39 is 5.41 Å². The van der Waals surface area contributed by atoms with Gasteiger partial charge in [0.2, 0.25) is 17.7 Å². The van der Waals surface area contributed by atoms with Gasteiger partial charge in [-0.1, -0.05) is 67.4 Å². The summed E-state index contributed by atoms with van der Waals surface area (Å²) in [6, 6.07) is 18.7. The number of hydrogen-bond donors (Lipinski definition) is 0. The van der Waals surface area contributed by atoms with Crippen LogP contribution in [0.4, 0.5) is 0 Å². The molecule has 4 aliphatic rings. The van der Waals surface area contributed by atoms with Crippen LogP contribution in [0.5, 0.6) is 0 Å². The zero-order valence-corrected chi connectivity index (χ0v) is 20.9. The van der Waals surface area contributed by atoms with Gasteiger partial charge < -0.3 is 4.90 Å². The van der Waals surface area contributed by atoms with Crippen molar-refractivity contribution in [3.63, 3.8) is 0 Å². The van der Waals surface area contributed by atoms with Crippen molar-refractivity contribution in [1.82, 2.24) is 14.7 Å². The first kappa shape index (κ1) is 23.4. The Hall–Kier alpha value is -2.99. The molecule has 4 fully saturated rings. The SMILES string of the molecule is O=C(C[C@@]1(c2ccc(-c3ccccc3)cc2)CC(=O)N(C2CC2)C1=O)N1CCN(C2CCCC2)CC1. The first-order chi connectivity index (χ1) is 17.5. The average molecular weight is 486 g/mol. The Balaban J connectivity index is 1.24. The molecule has 6 heteroatoms. The zero-order chi connectivity index (χ0) is 24.7. The number of imide groups is 1. The van der Waals surface area contributed by atoms with Gasteiger partial charge in [0.1, 0.15) is 0 Å². The molecule has 6 rings (SSSR count). The molecule has 188 valence electrons. The van der Waals surface area contributed by atoms with Crippen LogP contribution in [-0.2, 0) is 19.8 Å². The summed E-state index contributed by atoms with van der Waals surface area (Å²) in [6.45, 7) is 3.20. The molecular weight excluding hydrogens is 450 g/mol. The summed E-state index contributed by atoms with van der Waals surface area (Å²) in [4.78, 5) is 46.5. The molecule has 6 nitrogen and oxygen atoms in total. The highest BCUT2D eigenvalue weighted by Gasteiger charge is 2.57. The van der Waals surface area contributed by atoms with Crippen molar-refractivity contribution in [3.8, 4) is 11.1 Å². The molecule has 0 N–H and O–H groups in total. The molecule has 3 amide bonds. The maximum atomic E-state index is 13.8. The molecular formula is C30H35N3O3. The third kappa shape index (κ3) is 4.26. The Kier molecular flexibility index (Phi) is 6.16. The van der Waals surface area contributed by atoms with Gasteiger partial charge in [-0.15, -0.1) is 0 Å². The van der Waals surface area contributed by atoms with E-state index in [1.54, 1.807) is 0 Å². The Labute approximate surface area is 213 Å². The van der Waals surface area contributed by atoms with Crippen LogP contribution in [0, 0.1) is 0 Å². The van der Waals surface area contributed by atoms with Crippen molar-refractivity contribution in [2.45, 2.75) is 68.9 Å². The van der Waals surface area contributed by atoms with Crippen molar-refractivity contribution in [1.29, 1.82) is 0 Å². The van der Waals surface area contributed by atoms with Crippen LogP contribution < -0.4 is 0 Å². The topological polar surface area (TPSA) is 60.9 Å². The highest BCUT2D eigenvalue weighted by atomic mass is 16.2. The minimum atomic E-state index is -1.10. The van der Waals surface area contributed by atoms with Crippen molar-refractivity contribution >= 4 is 17.7 Å². The van der Waals surface area contributed by atoms with E-state index in [2.05, 4.69) is 17.0 Å². The highest BCUT2D eigenvalue weighted by molar-refractivity contribution is 6.11. The van der Waals surface area contributed by atoms with Crippen LogP contribution in [-0.4, -0.2) is 70.7 Å². The standard InChI is InChI=1S/C30H35N3O3/c34-27(32-18-16-31(17-19-32)25-8-4-5-9-25)20-30(21-28(35)33(29(30)36)26-14-15-26)24-12-10-23(11-13-24)22-6-2-1-3-7-22/h1-3,6-7,10-13,25-26H,4-5,8-9,14-21H2/t30-/m0/s1. The number of nitrogens with zero attached hydrogens (tertiary/aromatic N) is 3. The van der Waals surface area contributed by atoms with E-state index in [0.29, 0.717) is 19.1 Å². The molecule has 2 heterocycles. The van der Waals surface area contributed by atoms with Crippen LogP contribution in [0.2, 0.25) is 0 Å². The Morgan fingerprint density at radius 2 is 1.42 bits per heavy atom. The maximum absolute atomic E-state index is 13.8. The maximum Gasteiger partial charge on any atom is 0.241 e. The molecule has 0 spiro atoms. The molecule has 2 saturated heterocycles. The predicted octanol–water partition coefficient (Wildman–Crippen LogP) is 3.99. The van der Waals surface area contributed by atoms with E-state index in [-0.39, 0.29) is 36.6 Å². The molecule has 0 aromatic heterocycles. The van der Waals surface area contributed by atoms with Gasteiger partial charge in [-0.25, -0.2) is 0 Å². The fraction of sp³-hybridized carbons (Fsp3) is 0.500. The number of amides is 3. The molecule has 36 heavy (non-hydrogen) atoms. The number of piperazine rings is 1. The van der Waals surface area contributed by atoms with Gasteiger partial charge in [-0.05, 0) is 42.4 Å². The van der Waals surface area contributed by atoms with Crippen LogP contribution in [0.1, 0.15) is 56.9 Å². The van der Waals surface area contributed by atoms with E-state index in [1.807, 2.05) is 47.4 Å². The number of likely N-dealkylation sites (tertiary alicyclic amines) is 1. The molecule has 0 bridgehead atoms. The summed E-state index contributed by atoms with van der Waals surface area (Å²) in [5.74, 6) is -0.319. The molecule has 2 aromatic rings. The van der Waals surface area contributed by atoms with E-state index in [9.17, 15) is 14.4 Å². The van der Waals surface area contributed by atoms with E-state index >= 15 is 0 Å². The van der Waals surface area contributed by atoms with E-state index in [4.69, 9.17) is 0 Å². The van der Waals surface area contributed by atoms with Crippen LogP contribution in [0.25, 0.3) is 11.1 Å². The lowest BCUT2D eigenvalue weighted by atomic mass is 9.75. The summed E-state index contributed by atoms with van der Waals surface area (Å²) >= 11 is 0. The third-order valence-electron chi connectivity index (χ3n) is 8.77. The van der Waals surface area contributed by atoms with E-state index in [1.165, 1.54) is 30.6 Å². The number of hydrogen-bond acceptors (Lipinski definition) is 4. The summed E-state index contributed by atoms with van der Waals surface area (Å²) in [5, 5.41) is 0. The minimum Gasteiger partial charge on any atom is -0.340 e. The second-order valence-corrected chi connectivity index (χ2v) is 11.0. The van der Waals surface area contributed by atoms with Gasteiger partial charge in [0.05, 0.1) is 5.41 Å². The normalized spacial score (nSPS) is 25.7. The number of benzene rings is 2. The molecule has 2 aromatic carbocycles. The quantitative estimate of drug-likeness (QED) is 0.581. The summed E-state index contributed by atoms with van der Waals surface area (Å²) in [6.07, 6.45) is 7.05. The smallest absolute Gasteiger partial charge is 0.241 e. The first-order valence-electron chi connectivity index (χ1n) is 13.6. The molecule has 1 atom stereocenters. The number of carbonyl (C=O) groups is 3. The van der Waals surface area contributed by atoms with Gasteiger partial charge in [0.25, 0.3) is 0 Å². The fourth-order valence-electron chi connectivity index (χ4n) is 6.52. The van der Waals surface area contributed by atoms with Crippen molar-refractivity contribution in [2.75, 3.05) is 26.2 Å². The van der Waals surface area contributed by atoms with Crippen molar-refractivity contribution in [3.05, 3.63) is 60.2 Å². The first-order valence-corrected chi connectivity index (χ1v) is 13.6. The van der Waals surface area contributed by atoms with Crippen LogP contribution in [0.15, 0.2) is 54.6 Å². The van der Waals surface area contributed by atoms with Crippen LogP contribution in [0.3, 0.4) is 0 Å². The van der Waals surface area contributed by atoms with E-state index in [0.717, 1.165) is 42.6 Å². The predicted molar refractivity (Wildman–Crippen MR) is 138 cm³/mol. The summed E-state index contributed by atoms with van der Waals surface area (Å²) < 4.78 is 0. The highest BCUT2D eigenvalue weighted by Crippen LogP contribution is 2.45. The monoisotopic (exact) mass is 485 g/mol. The fourth-order valence-corrected chi connectivity index (χ4v) is 6.52. The molecule has 2 aliphatic carbocycles. The van der Waals surface area contributed by atoms with Gasteiger partial charge >= 0.3 is 0 Å². The van der Waals surface area contributed by atoms with Gasteiger partial charge in [0, 0.05) is 51.1 Å². The lowest BCUT2D eigenvalue weighted by Crippen LogP contribution is -2.53.